The molecular formula is C19H13F3N2O3S2. The van der Waals surface area contributed by atoms with E-state index >= 15 is 0 Å². The molecule has 0 atom stereocenters. The molecule has 2 N–H and O–H groups in total. The van der Waals surface area contributed by atoms with E-state index in [2.05, 4.69) is 10.6 Å². The molecule has 0 saturated carbocycles. The zero-order valence-corrected chi connectivity index (χ0v) is 16.2. The van der Waals surface area contributed by atoms with Crippen LogP contribution in [-0.4, -0.2) is 17.6 Å². The maximum atomic E-state index is 12.5. The number of benzene rings is 1. The summed E-state index contributed by atoms with van der Waals surface area (Å²) in [6, 6.07) is 8.80. The number of nitrogens with one attached hydrogen (secondary N) is 2. The molecule has 150 valence electrons. The van der Waals surface area contributed by atoms with Gasteiger partial charge in [-0.1, -0.05) is 0 Å². The maximum Gasteiger partial charge on any atom is 0.416 e. The zero-order valence-electron chi connectivity index (χ0n) is 14.6. The number of amides is 2. The van der Waals surface area contributed by atoms with Crippen molar-refractivity contribution in [3.05, 3.63) is 74.1 Å². The fourth-order valence-corrected chi connectivity index (χ4v) is 3.85. The van der Waals surface area contributed by atoms with E-state index in [-0.39, 0.29) is 18.0 Å². The van der Waals surface area contributed by atoms with Crippen molar-refractivity contribution < 1.29 is 27.6 Å². The van der Waals surface area contributed by atoms with E-state index in [1.807, 2.05) is 0 Å². The molecule has 5 nitrogen and oxygen atoms in total. The highest BCUT2D eigenvalue weighted by atomic mass is 32.1. The van der Waals surface area contributed by atoms with E-state index in [1.165, 1.54) is 22.7 Å². The fraction of sp³-hybridized carbons (Fsp3) is 0.105. The van der Waals surface area contributed by atoms with Crippen LogP contribution in [-0.2, 0) is 22.3 Å². The first-order valence-electron chi connectivity index (χ1n) is 8.16. The lowest BCUT2D eigenvalue weighted by Gasteiger charge is -2.08. The molecule has 2 amide bonds. The van der Waals surface area contributed by atoms with Gasteiger partial charge in [0.05, 0.1) is 17.0 Å². The predicted octanol–water partition coefficient (Wildman–Crippen LogP) is 4.31. The number of ketones is 1. The molecule has 0 aliphatic heterocycles. The number of thiophene rings is 2. The highest BCUT2D eigenvalue weighted by molar-refractivity contribution is 7.14. The summed E-state index contributed by atoms with van der Waals surface area (Å²) in [4.78, 5) is 37.2. The maximum absolute atomic E-state index is 12.5. The van der Waals surface area contributed by atoms with Gasteiger partial charge in [-0.25, -0.2) is 0 Å². The molecule has 0 unspecified atom stereocenters. The molecule has 0 bridgehead atoms. The monoisotopic (exact) mass is 438 g/mol. The van der Waals surface area contributed by atoms with E-state index < -0.39 is 23.6 Å². The van der Waals surface area contributed by atoms with Crippen molar-refractivity contribution in [2.24, 2.45) is 0 Å². The van der Waals surface area contributed by atoms with E-state index in [4.69, 9.17) is 0 Å². The molecule has 29 heavy (non-hydrogen) atoms. The molecule has 0 spiro atoms. The normalized spacial score (nSPS) is 11.1. The predicted molar refractivity (Wildman–Crippen MR) is 104 cm³/mol. The second-order valence-electron chi connectivity index (χ2n) is 5.82. The van der Waals surface area contributed by atoms with Crippen molar-refractivity contribution >= 4 is 46.0 Å². The van der Waals surface area contributed by atoms with Crippen LogP contribution in [0.2, 0.25) is 0 Å². The topological polar surface area (TPSA) is 75.3 Å². The first-order chi connectivity index (χ1) is 13.7. The Morgan fingerprint density at radius 1 is 0.931 bits per heavy atom. The quantitative estimate of drug-likeness (QED) is 0.460. The van der Waals surface area contributed by atoms with Crippen LogP contribution in [0, 0.1) is 0 Å². The molecule has 2 heterocycles. The Kier molecular flexibility index (Phi) is 6.14. The average Bonchev–Trinajstić information content (AvgIpc) is 3.37. The second kappa shape index (κ2) is 8.58. The minimum atomic E-state index is -4.48. The zero-order chi connectivity index (χ0) is 21.0. The van der Waals surface area contributed by atoms with Crippen molar-refractivity contribution in [1.29, 1.82) is 0 Å². The molecule has 0 aliphatic carbocycles. The molecule has 3 aromatic rings. The molecule has 0 radical (unpaired) electrons. The molecule has 0 aliphatic rings. The molecule has 0 fully saturated rings. The first kappa shape index (κ1) is 20.7. The van der Waals surface area contributed by atoms with Gasteiger partial charge < -0.3 is 10.6 Å². The number of carbonyl (C=O) groups excluding carboxylic acids is 3. The Hall–Kier alpha value is -2.98. The van der Waals surface area contributed by atoms with Gasteiger partial charge in [-0.15, -0.1) is 11.3 Å². The van der Waals surface area contributed by atoms with Gasteiger partial charge >= 0.3 is 18.0 Å². The summed E-state index contributed by atoms with van der Waals surface area (Å²) in [6.45, 7) is 0.0425. The van der Waals surface area contributed by atoms with Crippen LogP contribution in [0.25, 0.3) is 0 Å². The summed E-state index contributed by atoms with van der Waals surface area (Å²) in [5.41, 5.74) is -0.202. The van der Waals surface area contributed by atoms with Gasteiger partial charge in [0.25, 0.3) is 0 Å². The second-order valence-corrected chi connectivity index (χ2v) is 7.77. The van der Waals surface area contributed by atoms with E-state index in [0.29, 0.717) is 15.3 Å². The van der Waals surface area contributed by atoms with E-state index in [0.717, 1.165) is 24.3 Å². The lowest BCUT2D eigenvalue weighted by Crippen LogP contribution is -2.34. The number of carbonyl (C=O) groups is 3. The third-order valence-corrected chi connectivity index (χ3v) is 5.54. The largest absolute Gasteiger partial charge is 0.416 e. The van der Waals surface area contributed by atoms with Gasteiger partial charge in [0.2, 0.25) is 5.78 Å². The van der Waals surface area contributed by atoms with Gasteiger partial charge in [-0.3, -0.25) is 14.4 Å². The molecule has 0 saturated heterocycles. The number of hydrogen-bond donors (Lipinski definition) is 2. The van der Waals surface area contributed by atoms with Gasteiger partial charge in [0.1, 0.15) is 0 Å². The van der Waals surface area contributed by atoms with Crippen molar-refractivity contribution in [1.82, 2.24) is 5.32 Å². The van der Waals surface area contributed by atoms with Crippen molar-refractivity contribution in [2.45, 2.75) is 12.7 Å². The van der Waals surface area contributed by atoms with E-state index in [1.54, 1.807) is 29.0 Å². The number of rotatable bonds is 5. The summed E-state index contributed by atoms with van der Waals surface area (Å²) in [7, 11) is 0. The molecule has 3 rings (SSSR count). The summed E-state index contributed by atoms with van der Waals surface area (Å²) >= 11 is 2.62. The van der Waals surface area contributed by atoms with Gasteiger partial charge in [0, 0.05) is 21.5 Å². The minimum Gasteiger partial charge on any atom is -0.343 e. The number of halogens is 3. The highest BCUT2D eigenvalue weighted by Gasteiger charge is 2.30. The standard InChI is InChI=1S/C19H13F3N2O3S2/c20-19(21,22)12-1-3-13(4-2-12)24-18(27)17(26)23-9-14-5-6-15(29-14)16(25)11-7-8-28-10-11/h1-8,10H,9H2,(H,23,26)(H,24,27). The highest BCUT2D eigenvalue weighted by Crippen LogP contribution is 2.29. The Labute approximate surface area is 171 Å². The van der Waals surface area contributed by atoms with Gasteiger partial charge in [0.15, 0.2) is 0 Å². The van der Waals surface area contributed by atoms with Crippen LogP contribution < -0.4 is 10.6 Å². The van der Waals surface area contributed by atoms with Crippen LogP contribution in [0.1, 0.15) is 25.7 Å². The number of anilines is 1. The smallest absolute Gasteiger partial charge is 0.343 e. The summed E-state index contributed by atoms with van der Waals surface area (Å²) in [6.07, 6.45) is -4.48. The molecular weight excluding hydrogens is 425 g/mol. The van der Waals surface area contributed by atoms with Gasteiger partial charge in [-0.05, 0) is 47.8 Å². The Morgan fingerprint density at radius 2 is 1.66 bits per heavy atom. The Morgan fingerprint density at radius 3 is 2.28 bits per heavy atom. The fourth-order valence-electron chi connectivity index (χ4n) is 2.31. The van der Waals surface area contributed by atoms with Crippen LogP contribution >= 0.6 is 22.7 Å². The van der Waals surface area contributed by atoms with Crippen LogP contribution in [0.15, 0.2) is 53.2 Å². The summed E-state index contributed by atoms with van der Waals surface area (Å²) in [5, 5.41) is 8.19. The summed E-state index contributed by atoms with van der Waals surface area (Å²) < 4.78 is 37.6. The van der Waals surface area contributed by atoms with E-state index in [9.17, 15) is 27.6 Å². The lowest BCUT2D eigenvalue weighted by molar-refractivity contribution is -0.137. The number of hydrogen-bond acceptors (Lipinski definition) is 5. The molecule has 10 heteroatoms. The average molecular weight is 438 g/mol. The third-order valence-electron chi connectivity index (χ3n) is 3.77. The first-order valence-corrected chi connectivity index (χ1v) is 9.92. The third kappa shape index (κ3) is 5.30. The summed E-state index contributed by atoms with van der Waals surface area (Å²) in [5.74, 6) is -2.06. The molecule has 2 aromatic heterocycles. The van der Waals surface area contributed by atoms with Crippen molar-refractivity contribution in [3.8, 4) is 0 Å². The van der Waals surface area contributed by atoms with Gasteiger partial charge in [-0.2, -0.15) is 24.5 Å². The van der Waals surface area contributed by atoms with Crippen molar-refractivity contribution in [3.63, 3.8) is 0 Å². The minimum absolute atomic E-state index is 0.0425. The van der Waals surface area contributed by atoms with Crippen LogP contribution in [0.5, 0.6) is 0 Å². The SMILES string of the molecule is O=C(NCc1ccc(C(=O)c2ccsc2)s1)C(=O)Nc1ccc(C(F)(F)F)cc1. The molecule has 1 aromatic carbocycles. The Bertz CT molecular complexity index is 1030. The Balaban J connectivity index is 1.53. The number of alkyl halides is 3. The lowest BCUT2D eigenvalue weighted by atomic mass is 10.2. The van der Waals surface area contributed by atoms with Crippen LogP contribution in [0.4, 0.5) is 18.9 Å². The van der Waals surface area contributed by atoms with Crippen molar-refractivity contribution in [2.75, 3.05) is 5.32 Å². The van der Waals surface area contributed by atoms with Crippen LogP contribution in [0.3, 0.4) is 0 Å².